The second-order valence-electron chi connectivity index (χ2n) is 6.37. The van der Waals surface area contributed by atoms with Gasteiger partial charge in [0.25, 0.3) is 0 Å². The van der Waals surface area contributed by atoms with Crippen LogP contribution in [-0.2, 0) is 13.0 Å². The van der Waals surface area contributed by atoms with Crippen molar-refractivity contribution in [1.82, 2.24) is 10.2 Å². The molecule has 2 aromatic rings. The highest BCUT2D eigenvalue weighted by Crippen LogP contribution is 2.21. The molecule has 24 heavy (non-hydrogen) atoms. The highest BCUT2D eigenvalue weighted by Gasteiger charge is 2.22. The lowest BCUT2D eigenvalue weighted by atomic mass is 9.90. The number of nitrogens with one attached hydrogen (secondary N) is 1. The third kappa shape index (κ3) is 4.34. The maximum atomic E-state index is 13.6. The molecule has 0 spiro atoms. The van der Waals surface area contributed by atoms with Crippen LogP contribution >= 0.6 is 0 Å². The molecule has 1 saturated heterocycles. The summed E-state index contributed by atoms with van der Waals surface area (Å²) in [4.78, 5) is 14.1. The number of piperidine rings is 1. The van der Waals surface area contributed by atoms with E-state index in [4.69, 9.17) is 0 Å². The van der Waals surface area contributed by atoms with Gasteiger partial charge < -0.3 is 10.2 Å². The molecule has 1 fully saturated rings. The summed E-state index contributed by atoms with van der Waals surface area (Å²) in [6.45, 7) is 1.76. The zero-order chi connectivity index (χ0) is 16.8. The molecule has 2 aromatic carbocycles. The van der Waals surface area contributed by atoms with Gasteiger partial charge in [-0.05, 0) is 36.8 Å². The summed E-state index contributed by atoms with van der Waals surface area (Å²) in [5.74, 6) is 0.349. The SMILES string of the molecule is O=C(NCc1ccccc1F)N1CCC(Cc2ccccc2)CC1. The molecule has 4 heteroatoms. The van der Waals surface area contributed by atoms with Crippen molar-refractivity contribution in [3.05, 3.63) is 71.5 Å². The zero-order valence-corrected chi connectivity index (χ0v) is 13.7. The Labute approximate surface area is 142 Å². The molecule has 2 amide bonds. The molecular weight excluding hydrogens is 303 g/mol. The van der Waals surface area contributed by atoms with Gasteiger partial charge in [-0.2, -0.15) is 0 Å². The normalized spacial score (nSPS) is 15.3. The number of rotatable bonds is 4. The van der Waals surface area contributed by atoms with Gasteiger partial charge in [0.1, 0.15) is 5.82 Å². The van der Waals surface area contributed by atoms with Crippen LogP contribution in [-0.4, -0.2) is 24.0 Å². The summed E-state index contributed by atoms with van der Waals surface area (Å²) in [5, 5.41) is 2.82. The van der Waals surface area contributed by atoms with E-state index >= 15 is 0 Å². The van der Waals surface area contributed by atoms with E-state index in [2.05, 4.69) is 29.6 Å². The van der Waals surface area contributed by atoms with E-state index in [0.29, 0.717) is 11.5 Å². The van der Waals surface area contributed by atoms with Gasteiger partial charge in [-0.25, -0.2) is 9.18 Å². The Kier molecular flexibility index (Phi) is 5.47. The Morgan fingerprint density at radius 3 is 2.42 bits per heavy atom. The Morgan fingerprint density at radius 1 is 1.04 bits per heavy atom. The van der Waals surface area contributed by atoms with Gasteiger partial charge in [-0.15, -0.1) is 0 Å². The van der Waals surface area contributed by atoms with Crippen LogP contribution in [0.4, 0.5) is 9.18 Å². The quantitative estimate of drug-likeness (QED) is 0.905. The third-order valence-corrected chi connectivity index (χ3v) is 4.66. The minimum atomic E-state index is -0.278. The summed E-state index contributed by atoms with van der Waals surface area (Å²) < 4.78 is 13.6. The summed E-state index contributed by atoms with van der Waals surface area (Å²) in [7, 11) is 0. The van der Waals surface area contributed by atoms with Crippen molar-refractivity contribution < 1.29 is 9.18 Å². The van der Waals surface area contributed by atoms with Crippen molar-refractivity contribution in [1.29, 1.82) is 0 Å². The van der Waals surface area contributed by atoms with E-state index in [0.717, 1.165) is 32.4 Å². The van der Waals surface area contributed by atoms with Crippen molar-refractivity contribution in [2.75, 3.05) is 13.1 Å². The zero-order valence-electron chi connectivity index (χ0n) is 13.7. The number of hydrogen-bond acceptors (Lipinski definition) is 1. The van der Waals surface area contributed by atoms with Crippen molar-refractivity contribution in [3.63, 3.8) is 0 Å². The fraction of sp³-hybridized carbons (Fsp3) is 0.350. The molecule has 1 N–H and O–H groups in total. The van der Waals surface area contributed by atoms with E-state index in [-0.39, 0.29) is 18.4 Å². The second-order valence-corrected chi connectivity index (χ2v) is 6.37. The number of carbonyl (C=O) groups excluding carboxylic acids is 1. The molecule has 3 nitrogen and oxygen atoms in total. The van der Waals surface area contributed by atoms with E-state index < -0.39 is 0 Å². The molecule has 0 unspecified atom stereocenters. The average Bonchev–Trinajstić information content (AvgIpc) is 2.62. The van der Waals surface area contributed by atoms with Gasteiger partial charge in [0.05, 0.1) is 0 Å². The van der Waals surface area contributed by atoms with Gasteiger partial charge in [0.2, 0.25) is 0 Å². The molecule has 0 saturated carbocycles. The Morgan fingerprint density at radius 2 is 1.71 bits per heavy atom. The standard InChI is InChI=1S/C20H23FN2O/c21-19-9-5-4-8-18(19)15-22-20(24)23-12-10-17(11-13-23)14-16-6-2-1-3-7-16/h1-9,17H,10-15H2,(H,22,24). The topological polar surface area (TPSA) is 32.3 Å². The number of benzene rings is 2. The van der Waals surface area contributed by atoms with Crippen LogP contribution < -0.4 is 5.32 Å². The predicted octanol–water partition coefficient (Wildman–Crippen LogP) is 3.99. The lowest BCUT2D eigenvalue weighted by Gasteiger charge is -2.32. The van der Waals surface area contributed by atoms with Crippen molar-refractivity contribution in [2.24, 2.45) is 5.92 Å². The number of likely N-dealkylation sites (tertiary alicyclic amines) is 1. The van der Waals surface area contributed by atoms with Crippen LogP contribution in [0.5, 0.6) is 0 Å². The molecule has 0 bridgehead atoms. The van der Waals surface area contributed by atoms with Crippen LogP contribution in [0.15, 0.2) is 54.6 Å². The smallest absolute Gasteiger partial charge is 0.317 e. The molecule has 0 atom stereocenters. The van der Waals surface area contributed by atoms with Gasteiger partial charge in [0.15, 0.2) is 0 Å². The highest BCUT2D eigenvalue weighted by atomic mass is 19.1. The molecule has 1 aliphatic rings. The summed E-state index contributed by atoms with van der Waals surface area (Å²) in [6.07, 6.45) is 3.11. The first-order valence-electron chi connectivity index (χ1n) is 8.52. The lowest BCUT2D eigenvalue weighted by Crippen LogP contribution is -2.44. The van der Waals surface area contributed by atoms with Crippen molar-refractivity contribution in [3.8, 4) is 0 Å². The van der Waals surface area contributed by atoms with Gasteiger partial charge in [-0.3, -0.25) is 0 Å². The molecule has 126 valence electrons. The van der Waals surface area contributed by atoms with Crippen molar-refractivity contribution >= 4 is 6.03 Å². The molecule has 0 radical (unpaired) electrons. The van der Waals surface area contributed by atoms with Gasteiger partial charge in [0, 0.05) is 25.2 Å². The average molecular weight is 326 g/mol. The number of nitrogens with zero attached hydrogens (tertiary/aromatic N) is 1. The fourth-order valence-electron chi connectivity index (χ4n) is 3.21. The number of carbonyl (C=O) groups is 1. The largest absolute Gasteiger partial charge is 0.334 e. The van der Waals surface area contributed by atoms with E-state index in [1.807, 2.05) is 11.0 Å². The van der Waals surface area contributed by atoms with Crippen LogP contribution in [0.25, 0.3) is 0 Å². The van der Waals surface area contributed by atoms with Gasteiger partial charge in [-0.1, -0.05) is 48.5 Å². The minimum absolute atomic E-state index is 0.101. The molecule has 0 aromatic heterocycles. The molecule has 0 aliphatic carbocycles. The second kappa shape index (κ2) is 7.95. The fourth-order valence-corrected chi connectivity index (χ4v) is 3.21. The first-order chi connectivity index (χ1) is 11.7. The molecule has 1 heterocycles. The Bertz CT molecular complexity index is 666. The minimum Gasteiger partial charge on any atom is -0.334 e. The number of amides is 2. The lowest BCUT2D eigenvalue weighted by molar-refractivity contribution is 0.170. The van der Waals surface area contributed by atoms with Crippen LogP contribution in [0.1, 0.15) is 24.0 Å². The van der Waals surface area contributed by atoms with Crippen LogP contribution in [0, 0.1) is 11.7 Å². The third-order valence-electron chi connectivity index (χ3n) is 4.66. The summed E-state index contributed by atoms with van der Waals surface area (Å²) >= 11 is 0. The monoisotopic (exact) mass is 326 g/mol. The summed E-state index contributed by atoms with van der Waals surface area (Å²) in [6, 6.07) is 16.9. The first kappa shape index (κ1) is 16.5. The number of urea groups is 1. The first-order valence-corrected chi connectivity index (χ1v) is 8.52. The van der Waals surface area contributed by atoms with Gasteiger partial charge >= 0.3 is 6.03 Å². The van der Waals surface area contributed by atoms with Crippen LogP contribution in [0.2, 0.25) is 0 Å². The number of hydrogen-bond donors (Lipinski definition) is 1. The van der Waals surface area contributed by atoms with E-state index in [1.54, 1.807) is 18.2 Å². The Hall–Kier alpha value is -2.36. The highest BCUT2D eigenvalue weighted by molar-refractivity contribution is 5.74. The Balaban J connectivity index is 1.44. The number of halogens is 1. The maximum Gasteiger partial charge on any atom is 0.317 e. The molecular formula is C20H23FN2O. The van der Waals surface area contributed by atoms with E-state index in [9.17, 15) is 9.18 Å². The predicted molar refractivity (Wildman–Crippen MR) is 93.1 cm³/mol. The van der Waals surface area contributed by atoms with E-state index in [1.165, 1.54) is 11.6 Å². The van der Waals surface area contributed by atoms with Crippen LogP contribution in [0.3, 0.4) is 0 Å². The summed E-state index contributed by atoms with van der Waals surface area (Å²) in [5.41, 5.74) is 1.88. The maximum absolute atomic E-state index is 13.6. The molecule has 1 aliphatic heterocycles. The molecule has 3 rings (SSSR count). The van der Waals surface area contributed by atoms with Crippen molar-refractivity contribution in [2.45, 2.75) is 25.8 Å².